The number of hydrogen-bond acceptors (Lipinski definition) is 1. The molecule has 0 bridgehead atoms. The van der Waals surface area contributed by atoms with Gasteiger partial charge in [0.2, 0.25) is 0 Å². The third kappa shape index (κ3) is 3.73. The maximum Gasteiger partial charge on any atom is 0.146 e. The van der Waals surface area contributed by atoms with Crippen molar-refractivity contribution in [2.75, 3.05) is 5.32 Å². The SMILES string of the molecule is CC(C)(C)c1ccc(CNc2cc(Cl)ccc2F)cc1. The van der Waals surface area contributed by atoms with E-state index in [4.69, 9.17) is 11.6 Å². The zero-order valence-corrected chi connectivity index (χ0v) is 12.8. The number of rotatable bonds is 3. The fourth-order valence-corrected chi connectivity index (χ4v) is 2.12. The molecule has 2 aromatic rings. The molecule has 0 saturated carbocycles. The molecule has 0 unspecified atom stereocenters. The van der Waals surface area contributed by atoms with Crippen LogP contribution in [0.3, 0.4) is 0 Å². The van der Waals surface area contributed by atoms with Gasteiger partial charge in [-0.15, -0.1) is 0 Å². The summed E-state index contributed by atoms with van der Waals surface area (Å²) >= 11 is 5.86. The van der Waals surface area contributed by atoms with E-state index in [0.29, 0.717) is 17.3 Å². The fourth-order valence-electron chi connectivity index (χ4n) is 1.95. The Morgan fingerprint density at radius 3 is 2.30 bits per heavy atom. The first-order chi connectivity index (χ1) is 9.36. The van der Waals surface area contributed by atoms with Crippen LogP contribution in [0.5, 0.6) is 0 Å². The highest BCUT2D eigenvalue weighted by molar-refractivity contribution is 6.30. The molecule has 2 rings (SSSR count). The summed E-state index contributed by atoms with van der Waals surface area (Å²) in [5.41, 5.74) is 2.97. The second-order valence-corrected chi connectivity index (χ2v) is 6.36. The summed E-state index contributed by atoms with van der Waals surface area (Å²) in [6.45, 7) is 7.12. The predicted octanol–water partition coefficient (Wildman–Crippen LogP) is 5.39. The van der Waals surface area contributed by atoms with Gasteiger partial charge in [0.15, 0.2) is 0 Å². The van der Waals surface area contributed by atoms with Crippen molar-refractivity contribution in [2.45, 2.75) is 32.7 Å². The number of hydrogen-bond donors (Lipinski definition) is 1. The molecule has 0 spiro atoms. The molecule has 1 N–H and O–H groups in total. The third-order valence-corrected chi connectivity index (χ3v) is 3.47. The quantitative estimate of drug-likeness (QED) is 0.799. The first-order valence-corrected chi connectivity index (χ1v) is 7.02. The maximum atomic E-state index is 13.6. The summed E-state index contributed by atoms with van der Waals surface area (Å²) in [5.74, 6) is -0.291. The van der Waals surface area contributed by atoms with Crippen molar-refractivity contribution >= 4 is 17.3 Å². The van der Waals surface area contributed by atoms with Crippen molar-refractivity contribution < 1.29 is 4.39 Å². The molecule has 1 nitrogen and oxygen atoms in total. The number of benzene rings is 2. The van der Waals surface area contributed by atoms with Crippen LogP contribution in [0.1, 0.15) is 31.9 Å². The van der Waals surface area contributed by atoms with Crippen LogP contribution in [0, 0.1) is 5.82 Å². The highest BCUT2D eigenvalue weighted by Gasteiger charge is 2.12. The second kappa shape index (κ2) is 5.84. The van der Waals surface area contributed by atoms with Gasteiger partial charge in [-0.2, -0.15) is 0 Å². The Bertz CT molecular complexity index is 585. The molecule has 0 heterocycles. The average molecular weight is 292 g/mol. The van der Waals surface area contributed by atoms with Gasteiger partial charge in [-0.25, -0.2) is 4.39 Å². The molecular weight excluding hydrogens is 273 g/mol. The van der Waals surface area contributed by atoms with Gasteiger partial charge in [-0.3, -0.25) is 0 Å². The van der Waals surface area contributed by atoms with E-state index in [1.807, 2.05) is 0 Å². The van der Waals surface area contributed by atoms with Gasteiger partial charge in [0.05, 0.1) is 5.69 Å². The second-order valence-electron chi connectivity index (χ2n) is 5.92. The molecule has 0 aliphatic heterocycles. The lowest BCUT2D eigenvalue weighted by atomic mass is 9.87. The summed E-state index contributed by atoms with van der Waals surface area (Å²) in [7, 11) is 0. The maximum absolute atomic E-state index is 13.6. The highest BCUT2D eigenvalue weighted by Crippen LogP contribution is 2.23. The largest absolute Gasteiger partial charge is 0.379 e. The molecule has 0 fully saturated rings. The third-order valence-electron chi connectivity index (χ3n) is 3.23. The van der Waals surface area contributed by atoms with Crippen LogP contribution < -0.4 is 5.32 Å². The normalized spacial score (nSPS) is 11.4. The molecule has 0 aliphatic carbocycles. The van der Waals surface area contributed by atoms with Gasteiger partial charge in [-0.05, 0) is 34.7 Å². The minimum atomic E-state index is -0.291. The Kier molecular flexibility index (Phi) is 4.34. The summed E-state index contributed by atoms with van der Waals surface area (Å²) in [6, 6.07) is 12.9. The number of halogens is 2. The topological polar surface area (TPSA) is 12.0 Å². The Morgan fingerprint density at radius 1 is 1.05 bits per heavy atom. The molecule has 0 aliphatic rings. The van der Waals surface area contributed by atoms with Gasteiger partial charge in [0, 0.05) is 11.6 Å². The van der Waals surface area contributed by atoms with Gasteiger partial charge in [0.1, 0.15) is 5.82 Å². The van der Waals surface area contributed by atoms with Gasteiger partial charge >= 0.3 is 0 Å². The van der Waals surface area contributed by atoms with E-state index in [-0.39, 0.29) is 11.2 Å². The summed E-state index contributed by atoms with van der Waals surface area (Å²) < 4.78 is 13.6. The monoisotopic (exact) mass is 291 g/mol. The molecular formula is C17H19ClFN. The van der Waals surface area contributed by atoms with E-state index < -0.39 is 0 Å². The van der Waals surface area contributed by atoms with Crippen LogP contribution in [0.4, 0.5) is 10.1 Å². The fraction of sp³-hybridized carbons (Fsp3) is 0.294. The van der Waals surface area contributed by atoms with E-state index in [1.165, 1.54) is 11.6 Å². The Hall–Kier alpha value is -1.54. The molecule has 106 valence electrons. The lowest BCUT2D eigenvalue weighted by molar-refractivity contribution is 0.590. The van der Waals surface area contributed by atoms with Crippen LogP contribution in [-0.4, -0.2) is 0 Å². The summed E-state index contributed by atoms with van der Waals surface area (Å²) in [5, 5.41) is 3.59. The molecule has 0 aromatic heterocycles. The van der Waals surface area contributed by atoms with E-state index in [2.05, 4.69) is 50.4 Å². The first-order valence-electron chi connectivity index (χ1n) is 6.64. The molecule has 0 amide bonds. The van der Waals surface area contributed by atoms with Crippen molar-refractivity contribution in [3.05, 3.63) is 64.4 Å². The molecule has 0 radical (unpaired) electrons. The Labute approximate surface area is 124 Å². The zero-order valence-electron chi connectivity index (χ0n) is 12.0. The van der Waals surface area contributed by atoms with Crippen LogP contribution >= 0.6 is 11.6 Å². The van der Waals surface area contributed by atoms with Crippen molar-refractivity contribution in [1.29, 1.82) is 0 Å². The van der Waals surface area contributed by atoms with E-state index in [0.717, 1.165) is 5.56 Å². The average Bonchev–Trinajstić information content (AvgIpc) is 2.39. The van der Waals surface area contributed by atoms with Crippen molar-refractivity contribution in [1.82, 2.24) is 0 Å². The summed E-state index contributed by atoms with van der Waals surface area (Å²) in [4.78, 5) is 0. The van der Waals surface area contributed by atoms with Crippen LogP contribution in [0.2, 0.25) is 5.02 Å². The Morgan fingerprint density at radius 2 is 1.70 bits per heavy atom. The van der Waals surface area contributed by atoms with E-state index in [1.54, 1.807) is 12.1 Å². The zero-order chi connectivity index (χ0) is 14.8. The molecule has 0 saturated heterocycles. The smallest absolute Gasteiger partial charge is 0.146 e. The lowest BCUT2D eigenvalue weighted by Crippen LogP contribution is -2.11. The minimum absolute atomic E-state index is 0.144. The van der Waals surface area contributed by atoms with Crippen LogP contribution in [-0.2, 0) is 12.0 Å². The van der Waals surface area contributed by atoms with Gasteiger partial charge < -0.3 is 5.32 Å². The van der Waals surface area contributed by atoms with Gasteiger partial charge in [0.25, 0.3) is 0 Å². The highest BCUT2D eigenvalue weighted by atomic mass is 35.5. The summed E-state index contributed by atoms with van der Waals surface area (Å²) in [6.07, 6.45) is 0. The standard InChI is InChI=1S/C17H19ClFN/c1-17(2,3)13-6-4-12(5-7-13)11-20-16-10-14(18)8-9-15(16)19/h4-10,20H,11H2,1-3H3. The Balaban J connectivity index is 2.06. The van der Waals surface area contributed by atoms with Crippen molar-refractivity contribution in [2.24, 2.45) is 0 Å². The molecule has 3 heteroatoms. The molecule has 2 aromatic carbocycles. The first kappa shape index (κ1) is 14.9. The van der Waals surface area contributed by atoms with Crippen molar-refractivity contribution in [3.63, 3.8) is 0 Å². The molecule has 20 heavy (non-hydrogen) atoms. The van der Waals surface area contributed by atoms with Crippen LogP contribution in [0.15, 0.2) is 42.5 Å². The van der Waals surface area contributed by atoms with E-state index >= 15 is 0 Å². The lowest BCUT2D eigenvalue weighted by Gasteiger charge is -2.19. The minimum Gasteiger partial charge on any atom is -0.379 e. The number of nitrogens with one attached hydrogen (secondary N) is 1. The predicted molar refractivity (Wildman–Crippen MR) is 83.9 cm³/mol. The van der Waals surface area contributed by atoms with Crippen molar-refractivity contribution in [3.8, 4) is 0 Å². The molecule has 0 atom stereocenters. The number of anilines is 1. The van der Waals surface area contributed by atoms with E-state index in [9.17, 15) is 4.39 Å². The van der Waals surface area contributed by atoms with Gasteiger partial charge in [-0.1, -0.05) is 56.6 Å². The van der Waals surface area contributed by atoms with Crippen LogP contribution in [0.25, 0.3) is 0 Å².